The van der Waals surface area contributed by atoms with Gasteiger partial charge in [-0.3, -0.25) is 4.98 Å². The molecule has 0 saturated carbocycles. The molecule has 0 aliphatic carbocycles. The Kier molecular flexibility index (Phi) is 5.53. The third-order valence-corrected chi connectivity index (χ3v) is 3.67. The Balaban J connectivity index is 1.84. The number of hydrogen-bond acceptors (Lipinski definition) is 3. The van der Waals surface area contributed by atoms with Gasteiger partial charge in [-0.05, 0) is 49.3 Å². The molecule has 1 unspecified atom stereocenters. The van der Waals surface area contributed by atoms with Crippen LogP contribution in [0.25, 0.3) is 0 Å². The number of halogens is 1. The van der Waals surface area contributed by atoms with E-state index in [1.54, 1.807) is 0 Å². The molecule has 0 aliphatic rings. The summed E-state index contributed by atoms with van der Waals surface area (Å²) in [5, 5.41) is 0.747. The number of benzene rings is 1. The van der Waals surface area contributed by atoms with E-state index in [-0.39, 0.29) is 6.04 Å². The maximum atomic E-state index is 6.22. The molecule has 106 valence electrons. The molecule has 0 amide bonds. The minimum atomic E-state index is -0.0245. The molecule has 0 bridgehead atoms. The third-order valence-electron chi connectivity index (χ3n) is 3.33. The third kappa shape index (κ3) is 4.30. The van der Waals surface area contributed by atoms with Gasteiger partial charge in [0.25, 0.3) is 0 Å². The van der Waals surface area contributed by atoms with E-state index in [1.807, 2.05) is 48.8 Å². The van der Waals surface area contributed by atoms with Gasteiger partial charge in [-0.15, -0.1) is 0 Å². The van der Waals surface area contributed by atoms with Gasteiger partial charge in [0.05, 0.1) is 0 Å². The predicted octanol–water partition coefficient (Wildman–Crippen LogP) is 3.26. The Labute approximate surface area is 125 Å². The van der Waals surface area contributed by atoms with Crippen molar-refractivity contribution in [2.24, 2.45) is 5.73 Å². The van der Waals surface area contributed by atoms with Gasteiger partial charge in [0.2, 0.25) is 0 Å². The maximum absolute atomic E-state index is 6.22. The van der Waals surface area contributed by atoms with Crippen LogP contribution in [-0.2, 0) is 6.54 Å². The SMILES string of the molecule is CN(CCC(N)c1ccccc1Cl)Cc1ccncc1. The highest BCUT2D eigenvalue weighted by atomic mass is 35.5. The Morgan fingerprint density at radius 3 is 2.60 bits per heavy atom. The highest BCUT2D eigenvalue weighted by molar-refractivity contribution is 6.31. The van der Waals surface area contributed by atoms with Crippen LogP contribution in [0.5, 0.6) is 0 Å². The fraction of sp³-hybridized carbons (Fsp3) is 0.312. The lowest BCUT2D eigenvalue weighted by atomic mass is 10.0. The lowest BCUT2D eigenvalue weighted by Crippen LogP contribution is -2.23. The molecule has 2 N–H and O–H groups in total. The first kappa shape index (κ1) is 15.0. The number of pyridine rings is 1. The standard InChI is InChI=1S/C16H20ClN3/c1-20(12-13-6-9-19-10-7-13)11-8-16(18)14-4-2-3-5-15(14)17/h2-7,9-10,16H,8,11-12,18H2,1H3. The van der Waals surface area contributed by atoms with Crippen molar-refractivity contribution < 1.29 is 0 Å². The lowest BCUT2D eigenvalue weighted by molar-refractivity contribution is 0.311. The highest BCUT2D eigenvalue weighted by Gasteiger charge is 2.10. The van der Waals surface area contributed by atoms with Crippen molar-refractivity contribution in [3.8, 4) is 0 Å². The van der Waals surface area contributed by atoms with Crippen LogP contribution in [-0.4, -0.2) is 23.5 Å². The maximum Gasteiger partial charge on any atom is 0.0453 e. The molecule has 3 nitrogen and oxygen atoms in total. The van der Waals surface area contributed by atoms with E-state index in [0.717, 1.165) is 30.1 Å². The van der Waals surface area contributed by atoms with E-state index in [0.29, 0.717) is 0 Å². The van der Waals surface area contributed by atoms with Gasteiger partial charge in [-0.2, -0.15) is 0 Å². The number of hydrogen-bond donors (Lipinski definition) is 1. The molecule has 1 atom stereocenters. The van der Waals surface area contributed by atoms with E-state index in [1.165, 1.54) is 5.56 Å². The van der Waals surface area contributed by atoms with Crippen molar-refractivity contribution in [2.75, 3.05) is 13.6 Å². The number of nitrogens with two attached hydrogens (primary N) is 1. The fourth-order valence-electron chi connectivity index (χ4n) is 2.17. The second kappa shape index (κ2) is 7.39. The van der Waals surface area contributed by atoms with E-state index < -0.39 is 0 Å². The average Bonchev–Trinajstić information content (AvgIpc) is 2.46. The summed E-state index contributed by atoms with van der Waals surface area (Å²) in [6.07, 6.45) is 4.52. The molecule has 2 aromatic rings. The normalized spacial score (nSPS) is 12.6. The molecule has 2 rings (SSSR count). The largest absolute Gasteiger partial charge is 0.324 e. The molecule has 1 aromatic carbocycles. The van der Waals surface area contributed by atoms with Crippen molar-refractivity contribution in [1.82, 2.24) is 9.88 Å². The van der Waals surface area contributed by atoms with Crippen molar-refractivity contribution in [3.05, 3.63) is 64.9 Å². The molecule has 0 spiro atoms. The first-order valence-corrected chi connectivity index (χ1v) is 7.12. The van der Waals surface area contributed by atoms with Gasteiger partial charge in [0.1, 0.15) is 0 Å². The Bertz CT molecular complexity index is 530. The Morgan fingerprint density at radius 2 is 1.90 bits per heavy atom. The fourth-order valence-corrected chi connectivity index (χ4v) is 2.45. The van der Waals surface area contributed by atoms with Crippen LogP contribution in [0.1, 0.15) is 23.6 Å². The van der Waals surface area contributed by atoms with Gasteiger partial charge in [-0.25, -0.2) is 0 Å². The first-order valence-electron chi connectivity index (χ1n) is 6.74. The number of aromatic nitrogens is 1. The lowest BCUT2D eigenvalue weighted by Gasteiger charge is -2.20. The monoisotopic (exact) mass is 289 g/mol. The van der Waals surface area contributed by atoms with Crippen molar-refractivity contribution in [2.45, 2.75) is 19.0 Å². The van der Waals surface area contributed by atoms with Gasteiger partial charge in [0, 0.05) is 30.0 Å². The number of rotatable bonds is 6. The molecule has 0 saturated heterocycles. The summed E-state index contributed by atoms with van der Waals surface area (Å²) in [4.78, 5) is 6.28. The zero-order chi connectivity index (χ0) is 14.4. The van der Waals surface area contributed by atoms with Crippen molar-refractivity contribution >= 4 is 11.6 Å². The van der Waals surface area contributed by atoms with Crippen LogP contribution in [0.3, 0.4) is 0 Å². The Morgan fingerprint density at radius 1 is 1.20 bits per heavy atom. The predicted molar refractivity (Wildman–Crippen MR) is 83.6 cm³/mol. The number of nitrogens with zero attached hydrogens (tertiary/aromatic N) is 2. The average molecular weight is 290 g/mol. The highest BCUT2D eigenvalue weighted by Crippen LogP contribution is 2.23. The van der Waals surface area contributed by atoms with Gasteiger partial charge in [0.15, 0.2) is 0 Å². The van der Waals surface area contributed by atoms with E-state index in [4.69, 9.17) is 17.3 Å². The van der Waals surface area contributed by atoms with Crippen LogP contribution in [0.2, 0.25) is 5.02 Å². The molecule has 0 aliphatic heterocycles. The quantitative estimate of drug-likeness (QED) is 0.887. The summed E-state index contributed by atoms with van der Waals surface area (Å²) in [5.41, 5.74) is 8.49. The van der Waals surface area contributed by atoms with Gasteiger partial charge < -0.3 is 10.6 Å². The van der Waals surface area contributed by atoms with Gasteiger partial charge in [-0.1, -0.05) is 29.8 Å². The summed E-state index contributed by atoms with van der Waals surface area (Å²) < 4.78 is 0. The molecular weight excluding hydrogens is 270 g/mol. The molecule has 20 heavy (non-hydrogen) atoms. The van der Waals surface area contributed by atoms with E-state index in [9.17, 15) is 0 Å². The van der Waals surface area contributed by atoms with E-state index >= 15 is 0 Å². The van der Waals surface area contributed by atoms with Crippen molar-refractivity contribution in [1.29, 1.82) is 0 Å². The molecule has 1 heterocycles. The smallest absolute Gasteiger partial charge is 0.0453 e. The summed E-state index contributed by atoms with van der Waals surface area (Å²) in [6, 6.07) is 11.8. The topological polar surface area (TPSA) is 42.1 Å². The second-order valence-corrected chi connectivity index (χ2v) is 5.42. The Hall–Kier alpha value is -1.42. The molecule has 0 radical (unpaired) electrons. The zero-order valence-corrected chi connectivity index (χ0v) is 12.4. The van der Waals surface area contributed by atoms with Crippen LogP contribution in [0.15, 0.2) is 48.8 Å². The van der Waals surface area contributed by atoms with Crippen LogP contribution < -0.4 is 5.73 Å². The van der Waals surface area contributed by atoms with Crippen LogP contribution >= 0.6 is 11.6 Å². The first-order chi connectivity index (χ1) is 9.66. The zero-order valence-electron chi connectivity index (χ0n) is 11.7. The second-order valence-electron chi connectivity index (χ2n) is 5.01. The van der Waals surface area contributed by atoms with E-state index in [2.05, 4.69) is 16.9 Å². The summed E-state index contributed by atoms with van der Waals surface area (Å²) in [5.74, 6) is 0. The summed E-state index contributed by atoms with van der Waals surface area (Å²) in [7, 11) is 2.10. The van der Waals surface area contributed by atoms with Crippen molar-refractivity contribution in [3.63, 3.8) is 0 Å². The van der Waals surface area contributed by atoms with Gasteiger partial charge >= 0.3 is 0 Å². The van der Waals surface area contributed by atoms with Crippen LogP contribution in [0.4, 0.5) is 0 Å². The van der Waals surface area contributed by atoms with Crippen LogP contribution in [0, 0.1) is 0 Å². The molecule has 1 aromatic heterocycles. The summed E-state index contributed by atoms with van der Waals surface area (Å²) >= 11 is 6.16. The molecular formula is C16H20ClN3. The summed E-state index contributed by atoms with van der Waals surface area (Å²) in [6.45, 7) is 1.83. The minimum absolute atomic E-state index is 0.0245. The minimum Gasteiger partial charge on any atom is -0.324 e. The molecule has 4 heteroatoms. The molecule has 0 fully saturated rings.